The SMILES string of the molecule is O=C(c1ccco1)N(Cc1ccco1)C1CCN(CCCc2ccccc2)CC1. The second-order valence-electron chi connectivity index (χ2n) is 7.65. The molecule has 152 valence electrons. The van der Waals surface area contributed by atoms with Crippen molar-refractivity contribution in [3.63, 3.8) is 0 Å². The molecule has 3 heterocycles. The van der Waals surface area contributed by atoms with E-state index in [0.717, 1.165) is 51.1 Å². The van der Waals surface area contributed by atoms with E-state index in [4.69, 9.17) is 8.83 Å². The summed E-state index contributed by atoms with van der Waals surface area (Å²) in [7, 11) is 0. The zero-order chi connectivity index (χ0) is 19.9. The first-order valence-electron chi connectivity index (χ1n) is 10.4. The molecule has 5 heteroatoms. The quantitative estimate of drug-likeness (QED) is 0.562. The van der Waals surface area contributed by atoms with Crippen molar-refractivity contribution in [1.82, 2.24) is 9.80 Å². The molecule has 1 saturated heterocycles. The number of likely N-dealkylation sites (tertiary alicyclic amines) is 1. The van der Waals surface area contributed by atoms with Gasteiger partial charge in [0.05, 0.1) is 19.1 Å². The summed E-state index contributed by atoms with van der Waals surface area (Å²) in [6.07, 6.45) is 7.42. The number of aryl methyl sites for hydroxylation is 1. The van der Waals surface area contributed by atoms with Gasteiger partial charge in [-0.25, -0.2) is 0 Å². The number of benzene rings is 1. The van der Waals surface area contributed by atoms with E-state index in [1.165, 1.54) is 5.56 Å². The van der Waals surface area contributed by atoms with Crippen LogP contribution in [0.25, 0.3) is 0 Å². The maximum atomic E-state index is 13.0. The Balaban J connectivity index is 1.32. The molecule has 0 N–H and O–H groups in total. The monoisotopic (exact) mass is 392 g/mol. The average molecular weight is 392 g/mol. The van der Waals surface area contributed by atoms with Crippen LogP contribution in [-0.2, 0) is 13.0 Å². The highest BCUT2D eigenvalue weighted by Gasteiger charge is 2.30. The summed E-state index contributed by atoms with van der Waals surface area (Å²) < 4.78 is 10.9. The topological polar surface area (TPSA) is 49.8 Å². The summed E-state index contributed by atoms with van der Waals surface area (Å²) in [6.45, 7) is 3.61. The van der Waals surface area contributed by atoms with Crippen LogP contribution in [0.2, 0.25) is 0 Å². The van der Waals surface area contributed by atoms with Gasteiger partial charge in [-0.15, -0.1) is 0 Å². The Hall–Kier alpha value is -2.79. The maximum Gasteiger partial charge on any atom is 0.290 e. The number of piperidine rings is 1. The number of carbonyl (C=O) groups excluding carboxylic acids is 1. The van der Waals surface area contributed by atoms with E-state index >= 15 is 0 Å². The van der Waals surface area contributed by atoms with Crippen molar-refractivity contribution >= 4 is 5.91 Å². The minimum Gasteiger partial charge on any atom is -0.467 e. The Labute approximate surface area is 171 Å². The molecule has 0 spiro atoms. The summed E-state index contributed by atoms with van der Waals surface area (Å²) in [4.78, 5) is 17.5. The first-order valence-corrected chi connectivity index (χ1v) is 10.4. The first kappa shape index (κ1) is 19.5. The average Bonchev–Trinajstić information content (AvgIpc) is 3.47. The largest absolute Gasteiger partial charge is 0.467 e. The molecule has 2 aromatic heterocycles. The molecule has 1 fully saturated rings. The summed E-state index contributed by atoms with van der Waals surface area (Å²) in [5.41, 5.74) is 1.40. The van der Waals surface area contributed by atoms with Crippen molar-refractivity contribution in [3.05, 3.63) is 84.2 Å². The van der Waals surface area contributed by atoms with Crippen LogP contribution in [0.3, 0.4) is 0 Å². The minimum absolute atomic E-state index is 0.0612. The van der Waals surface area contributed by atoms with Gasteiger partial charge in [-0.05, 0) is 62.1 Å². The minimum atomic E-state index is -0.0612. The Morgan fingerprint density at radius 2 is 1.72 bits per heavy atom. The van der Waals surface area contributed by atoms with E-state index in [2.05, 4.69) is 35.2 Å². The molecule has 0 bridgehead atoms. The van der Waals surface area contributed by atoms with Crippen LogP contribution < -0.4 is 0 Å². The van der Waals surface area contributed by atoms with E-state index in [0.29, 0.717) is 12.3 Å². The first-order chi connectivity index (χ1) is 14.3. The Morgan fingerprint density at radius 3 is 2.41 bits per heavy atom. The summed E-state index contributed by atoms with van der Waals surface area (Å²) in [5.74, 6) is 1.13. The molecule has 3 aromatic rings. The van der Waals surface area contributed by atoms with Gasteiger partial charge in [-0.3, -0.25) is 4.79 Å². The van der Waals surface area contributed by atoms with Crippen LogP contribution in [0.1, 0.15) is 41.1 Å². The van der Waals surface area contributed by atoms with E-state index in [-0.39, 0.29) is 11.9 Å². The lowest BCUT2D eigenvalue weighted by Gasteiger charge is -2.38. The van der Waals surface area contributed by atoms with Gasteiger partial charge in [0, 0.05) is 19.1 Å². The van der Waals surface area contributed by atoms with Gasteiger partial charge < -0.3 is 18.6 Å². The third kappa shape index (κ3) is 5.18. The van der Waals surface area contributed by atoms with Gasteiger partial charge in [-0.2, -0.15) is 0 Å². The van der Waals surface area contributed by atoms with E-state index in [1.54, 1.807) is 24.7 Å². The second-order valence-corrected chi connectivity index (χ2v) is 7.65. The van der Waals surface area contributed by atoms with Crippen molar-refractivity contribution in [2.45, 2.75) is 38.3 Å². The van der Waals surface area contributed by atoms with E-state index < -0.39 is 0 Å². The predicted molar refractivity (Wildman–Crippen MR) is 112 cm³/mol. The van der Waals surface area contributed by atoms with Gasteiger partial charge in [0.25, 0.3) is 5.91 Å². The molecule has 1 amide bonds. The number of hydrogen-bond acceptors (Lipinski definition) is 4. The Morgan fingerprint density at radius 1 is 0.966 bits per heavy atom. The summed E-state index contributed by atoms with van der Waals surface area (Å²) in [6, 6.07) is 18.1. The molecule has 0 saturated carbocycles. The Bertz CT molecular complexity index is 851. The summed E-state index contributed by atoms with van der Waals surface area (Å²) in [5, 5.41) is 0. The van der Waals surface area contributed by atoms with Crippen LogP contribution in [-0.4, -0.2) is 41.4 Å². The molecular formula is C24H28N2O3. The fourth-order valence-electron chi connectivity index (χ4n) is 4.09. The van der Waals surface area contributed by atoms with Gasteiger partial charge in [0.2, 0.25) is 0 Å². The van der Waals surface area contributed by atoms with Crippen LogP contribution in [0, 0.1) is 0 Å². The lowest BCUT2D eigenvalue weighted by Crippen LogP contribution is -2.47. The highest BCUT2D eigenvalue weighted by molar-refractivity contribution is 5.91. The highest BCUT2D eigenvalue weighted by atomic mass is 16.3. The molecule has 1 aromatic carbocycles. The zero-order valence-electron chi connectivity index (χ0n) is 16.7. The number of rotatable bonds is 8. The number of furan rings is 2. The molecular weight excluding hydrogens is 364 g/mol. The van der Waals surface area contributed by atoms with Gasteiger partial charge in [0.1, 0.15) is 5.76 Å². The molecule has 0 unspecified atom stereocenters. The Kier molecular flexibility index (Phi) is 6.47. The van der Waals surface area contributed by atoms with E-state index in [1.807, 2.05) is 17.0 Å². The van der Waals surface area contributed by atoms with Crippen molar-refractivity contribution < 1.29 is 13.6 Å². The molecule has 1 aliphatic rings. The van der Waals surface area contributed by atoms with Crippen molar-refractivity contribution in [3.8, 4) is 0 Å². The number of hydrogen-bond donors (Lipinski definition) is 0. The lowest BCUT2D eigenvalue weighted by molar-refractivity contribution is 0.0499. The maximum absolute atomic E-state index is 13.0. The molecule has 4 rings (SSSR count). The summed E-state index contributed by atoms with van der Waals surface area (Å²) >= 11 is 0. The lowest BCUT2D eigenvalue weighted by atomic mass is 10.0. The number of nitrogens with zero attached hydrogens (tertiary/aromatic N) is 2. The van der Waals surface area contributed by atoms with Gasteiger partial charge >= 0.3 is 0 Å². The van der Waals surface area contributed by atoms with E-state index in [9.17, 15) is 4.79 Å². The van der Waals surface area contributed by atoms with Crippen LogP contribution in [0.4, 0.5) is 0 Å². The molecule has 29 heavy (non-hydrogen) atoms. The van der Waals surface area contributed by atoms with Crippen LogP contribution in [0.5, 0.6) is 0 Å². The standard InChI is InChI=1S/C24H28N2O3/c27-24(23-11-6-18-29-23)26(19-22-10-5-17-28-22)21-12-15-25(16-13-21)14-4-9-20-7-2-1-3-8-20/h1-3,5-8,10-11,17-18,21H,4,9,12-16,19H2. The van der Waals surface area contributed by atoms with Crippen molar-refractivity contribution in [2.75, 3.05) is 19.6 Å². The third-order valence-corrected chi connectivity index (χ3v) is 5.68. The fourth-order valence-corrected chi connectivity index (χ4v) is 4.09. The second kappa shape index (κ2) is 9.61. The normalized spacial score (nSPS) is 15.4. The molecule has 0 atom stereocenters. The number of carbonyl (C=O) groups is 1. The molecule has 0 radical (unpaired) electrons. The smallest absolute Gasteiger partial charge is 0.290 e. The fraction of sp³-hybridized carbons (Fsp3) is 0.375. The number of amides is 1. The third-order valence-electron chi connectivity index (χ3n) is 5.68. The van der Waals surface area contributed by atoms with Crippen molar-refractivity contribution in [1.29, 1.82) is 0 Å². The molecule has 5 nitrogen and oxygen atoms in total. The highest BCUT2D eigenvalue weighted by Crippen LogP contribution is 2.22. The zero-order valence-corrected chi connectivity index (χ0v) is 16.7. The van der Waals surface area contributed by atoms with Gasteiger partial charge in [-0.1, -0.05) is 30.3 Å². The van der Waals surface area contributed by atoms with Crippen molar-refractivity contribution in [2.24, 2.45) is 0 Å². The van der Waals surface area contributed by atoms with Crippen LogP contribution >= 0.6 is 0 Å². The predicted octanol–water partition coefficient (Wildman–Crippen LogP) is 4.61. The molecule has 1 aliphatic heterocycles. The van der Waals surface area contributed by atoms with Crippen LogP contribution in [0.15, 0.2) is 76.0 Å². The van der Waals surface area contributed by atoms with Gasteiger partial charge in [0.15, 0.2) is 5.76 Å². The molecule has 0 aliphatic carbocycles.